The second-order valence-electron chi connectivity index (χ2n) is 5.96. The van der Waals surface area contributed by atoms with Crippen LogP contribution in [0.4, 0.5) is 0 Å². The standard InChI is InChI=1S/C13H26N2O2/c1-13(10-16-8-12(13)14)9-15(2)7-11-5-3-4-6-17-11/h11-12H,3-10,14H2,1-2H3. The first-order valence-electron chi connectivity index (χ1n) is 6.74. The Balaban J connectivity index is 1.77. The van der Waals surface area contributed by atoms with Gasteiger partial charge in [0, 0.05) is 31.2 Å². The van der Waals surface area contributed by atoms with Crippen molar-refractivity contribution in [3.05, 3.63) is 0 Å². The van der Waals surface area contributed by atoms with E-state index >= 15 is 0 Å². The van der Waals surface area contributed by atoms with Crippen molar-refractivity contribution in [2.24, 2.45) is 11.1 Å². The average Bonchev–Trinajstić information content (AvgIpc) is 2.60. The van der Waals surface area contributed by atoms with Gasteiger partial charge in [-0.3, -0.25) is 0 Å². The molecule has 0 aromatic carbocycles. The maximum absolute atomic E-state index is 6.11. The molecule has 0 saturated carbocycles. The topological polar surface area (TPSA) is 47.7 Å². The zero-order valence-electron chi connectivity index (χ0n) is 11.2. The van der Waals surface area contributed by atoms with Crippen molar-refractivity contribution < 1.29 is 9.47 Å². The minimum Gasteiger partial charge on any atom is -0.379 e. The molecular weight excluding hydrogens is 216 g/mol. The Morgan fingerprint density at radius 2 is 2.24 bits per heavy atom. The highest BCUT2D eigenvalue weighted by Crippen LogP contribution is 2.28. The predicted octanol–water partition coefficient (Wildman–Crippen LogP) is 0.851. The first kappa shape index (κ1) is 13.3. The maximum atomic E-state index is 6.11. The van der Waals surface area contributed by atoms with Crippen molar-refractivity contribution in [3.63, 3.8) is 0 Å². The normalized spacial score (nSPS) is 38.8. The summed E-state index contributed by atoms with van der Waals surface area (Å²) in [5.41, 5.74) is 6.21. The fourth-order valence-electron chi connectivity index (χ4n) is 2.87. The first-order valence-corrected chi connectivity index (χ1v) is 6.74. The molecule has 2 aliphatic rings. The predicted molar refractivity (Wildman–Crippen MR) is 68.0 cm³/mol. The van der Waals surface area contributed by atoms with E-state index in [0.717, 1.165) is 26.3 Å². The molecule has 0 aromatic rings. The highest BCUT2D eigenvalue weighted by Gasteiger charge is 2.38. The molecular formula is C13H26N2O2. The minimum atomic E-state index is 0.101. The minimum absolute atomic E-state index is 0.101. The van der Waals surface area contributed by atoms with Gasteiger partial charge in [0.15, 0.2) is 0 Å². The largest absolute Gasteiger partial charge is 0.379 e. The summed E-state index contributed by atoms with van der Waals surface area (Å²) < 4.78 is 11.2. The molecule has 4 nitrogen and oxygen atoms in total. The van der Waals surface area contributed by atoms with E-state index in [-0.39, 0.29) is 11.5 Å². The van der Waals surface area contributed by atoms with Gasteiger partial charge in [-0.25, -0.2) is 0 Å². The average molecular weight is 242 g/mol. The second-order valence-corrected chi connectivity index (χ2v) is 5.96. The van der Waals surface area contributed by atoms with E-state index in [1.165, 1.54) is 19.3 Å². The van der Waals surface area contributed by atoms with Crippen molar-refractivity contribution in [1.82, 2.24) is 4.90 Å². The monoisotopic (exact) mass is 242 g/mol. The number of hydrogen-bond donors (Lipinski definition) is 1. The van der Waals surface area contributed by atoms with Crippen LogP contribution in [0.5, 0.6) is 0 Å². The third-order valence-corrected chi connectivity index (χ3v) is 4.04. The van der Waals surface area contributed by atoms with E-state index in [1.54, 1.807) is 0 Å². The Labute approximate surface area is 104 Å². The SMILES string of the molecule is CN(CC1CCCCO1)CC1(C)COCC1N. The smallest absolute Gasteiger partial charge is 0.0701 e. The van der Waals surface area contributed by atoms with Gasteiger partial charge in [-0.1, -0.05) is 6.92 Å². The summed E-state index contributed by atoms with van der Waals surface area (Å²) in [6.07, 6.45) is 4.13. The lowest BCUT2D eigenvalue weighted by molar-refractivity contribution is -0.00805. The molecule has 2 heterocycles. The van der Waals surface area contributed by atoms with Crippen LogP contribution in [0.3, 0.4) is 0 Å². The first-order chi connectivity index (χ1) is 8.10. The van der Waals surface area contributed by atoms with Crippen molar-refractivity contribution in [3.8, 4) is 0 Å². The van der Waals surface area contributed by atoms with Gasteiger partial charge >= 0.3 is 0 Å². The van der Waals surface area contributed by atoms with Crippen molar-refractivity contribution in [2.45, 2.75) is 38.3 Å². The Kier molecular flexibility index (Phi) is 4.42. The van der Waals surface area contributed by atoms with Crippen molar-refractivity contribution >= 4 is 0 Å². The Bertz CT molecular complexity index is 244. The second kappa shape index (κ2) is 5.65. The lowest BCUT2D eigenvalue weighted by Crippen LogP contribution is -2.47. The summed E-state index contributed by atoms with van der Waals surface area (Å²) in [4.78, 5) is 2.35. The van der Waals surface area contributed by atoms with Crippen LogP contribution in [0.25, 0.3) is 0 Å². The highest BCUT2D eigenvalue weighted by molar-refractivity contribution is 4.92. The van der Waals surface area contributed by atoms with E-state index in [2.05, 4.69) is 18.9 Å². The number of hydrogen-bond acceptors (Lipinski definition) is 4. The summed E-state index contributed by atoms with van der Waals surface area (Å²) in [5, 5.41) is 0. The lowest BCUT2D eigenvalue weighted by Gasteiger charge is -2.34. The van der Waals surface area contributed by atoms with E-state index in [1.807, 2.05) is 0 Å². The van der Waals surface area contributed by atoms with Gasteiger partial charge in [-0.2, -0.15) is 0 Å². The van der Waals surface area contributed by atoms with Crippen molar-refractivity contribution in [1.29, 1.82) is 0 Å². The van der Waals surface area contributed by atoms with Gasteiger partial charge in [0.1, 0.15) is 0 Å². The van der Waals surface area contributed by atoms with Gasteiger partial charge in [0.05, 0.1) is 19.3 Å². The van der Waals surface area contributed by atoms with Crippen LogP contribution in [0, 0.1) is 5.41 Å². The molecule has 3 atom stereocenters. The molecule has 17 heavy (non-hydrogen) atoms. The fourth-order valence-corrected chi connectivity index (χ4v) is 2.87. The van der Waals surface area contributed by atoms with E-state index in [9.17, 15) is 0 Å². The van der Waals surface area contributed by atoms with Crippen LogP contribution in [-0.2, 0) is 9.47 Å². The molecule has 3 unspecified atom stereocenters. The quantitative estimate of drug-likeness (QED) is 0.794. The number of ether oxygens (including phenoxy) is 2. The molecule has 2 rings (SSSR count). The van der Waals surface area contributed by atoms with E-state index in [0.29, 0.717) is 12.7 Å². The van der Waals surface area contributed by atoms with Crippen LogP contribution < -0.4 is 5.73 Å². The number of likely N-dealkylation sites (N-methyl/N-ethyl adjacent to an activating group) is 1. The number of rotatable bonds is 4. The van der Waals surface area contributed by atoms with Crippen molar-refractivity contribution in [2.75, 3.05) is 40.0 Å². The van der Waals surface area contributed by atoms with E-state index in [4.69, 9.17) is 15.2 Å². The molecule has 0 radical (unpaired) electrons. The van der Waals surface area contributed by atoms with Crippen LogP contribution in [0.1, 0.15) is 26.2 Å². The molecule has 100 valence electrons. The fraction of sp³-hybridized carbons (Fsp3) is 1.00. The van der Waals surface area contributed by atoms with Gasteiger partial charge < -0.3 is 20.1 Å². The molecule has 0 amide bonds. The third kappa shape index (κ3) is 3.41. The summed E-state index contributed by atoms with van der Waals surface area (Å²) in [5.74, 6) is 0. The molecule has 0 spiro atoms. The van der Waals surface area contributed by atoms with Crippen LogP contribution >= 0.6 is 0 Å². The highest BCUT2D eigenvalue weighted by atomic mass is 16.5. The zero-order chi connectivity index (χ0) is 12.3. The number of nitrogens with zero attached hydrogens (tertiary/aromatic N) is 1. The van der Waals surface area contributed by atoms with Gasteiger partial charge in [-0.05, 0) is 26.3 Å². The van der Waals surface area contributed by atoms with Gasteiger partial charge in [0.25, 0.3) is 0 Å². The zero-order valence-corrected chi connectivity index (χ0v) is 11.2. The third-order valence-electron chi connectivity index (χ3n) is 4.04. The van der Waals surface area contributed by atoms with Gasteiger partial charge in [-0.15, -0.1) is 0 Å². The van der Waals surface area contributed by atoms with Gasteiger partial charge in [0.2, 0.25) is 0 Å². The molecule has 0 aromatic heterocycles. The molecule has 2 fully saturated rings. The summed E-state index contributed by atoms with van der Waals surface area (Å²) in [7, 11) is 2.16. The Morgan fingerprint density at radius 3 is 2.82 bits per heavy atom. The van der Waals surface area contributed by atoms with E-state index < -0.39 is 0 Å². The summed E-state index contributed by atoms with van der Waals surface area (Å²) in [6.45, 7) is 6.64. The molecule has 2 aliphatic heterocycles. The summed E-state index contributed by atoms with van der Waals surface area (Å²) in [6, 6.07) is 0.164. The Morgan fingerprint density at radius 1 is 1.41 bits per heavy atom. The Hall–Kier alpha value is -0.160. The van der Waals surface area contributed by atoms with Crippen LogP contribution in [-0.4, -0.2) is 57.0 Å². The number of nitrogens with two attached hydrogens (primary N) is 1. The molecule has 0 bridgehead atoms. The van der Waals surface area contributed by atoms with Crippen LogP contribution in [0.2, 0.25) is 0 Å². The summed E-state index contributed by atoms with van der Waals surface area (Å²) >= 11 is 0. The molecule has 2 N–H and O–H groups in total. The molecule has 4 heteroatoms. The molecule has 2 saturated heterocycles. The van der Waals surface area contributed by atoms with Crippen LogP contribution in [0.15, 0.2) is 0 Å². The molecule has 0 aliphatic carbocycles. The lowest BCUT2D eigenvalue weighted by atomic mass is 9.85. The maximum Gasteiger partial charge on any atom is 0.0701 e.